The number of nitrogens with zero attached hydrogens (tertiary/aromatic N) is 6. The van der Waals surface area contributed by atoms with Crippen LogP contribution in [0.1, 0.15) is 47.3 Å². The van der Waals surface area contributed by atoms with Gasteiger partial charge >= 0.3 is 0 Å². The number of fused-ring (bicyclic) bond motifs is 3. The number of primary amides is 1. The van der Waals surface area contributed by atoms with E-state index in [0.717, 1.165) is 35.4 Å². The number of sulfonamides is 1. The van der Waals surface area contributed by atoms with Crippen LogP contribution in [-0.2, 0) is 34.7 Å². The van der Waals surface area contributed by atoms with Crippen LogP contribution < -0.4 is 11.1 Å². The van der Waals surface area contributed by atoms with E-state index in [1.54, 1.807) is 42.1 Å². The second kappa shape index (κ2) is 10.9. The first-order chi connectivity index (χ1) is 19.7. The van der Waals surface area contributed by atoms with Crippen LogP contribution in [0.2, 0.25) is 0 Å². The number of amides is 2. The topological polar surface area (TPSA) is 156 Å². The zero-order valence-corrected chi connectivity index (χ0v) is 23.8. The molecular weight excluding hydrogens is 544 g/mol. The van der Waals surface area contributed by atoms with Crippen molar-refractivity contribution in [2.45, 2.75) is 49.5 Å². The fourth-order valence-corrected chi connectivity index (χ4v) is 7.68. The number of piperidine rings is 2. The lowest BCUT2D eigenvalue weighted by atomic mass is 9.93. The first-order valence-corrected chi connectivity index (χ1v) is 15.5. The van der Waals surface area contributed by atoms with Crippen LogP contribution in [0, 0.1) is 5.92 Å². The van der Waals surface area contributed by atoms with Gasteiger partial charge in [-0.15, -0.1) is 0 Å². The number of hydrogen-bond acceptors (Lipinski definition) is 8. The van der Waals surface area contributed by atoms with Crippen molar-refractivity contribution in [2.75, 3.05) is 31.5 Å². The summed E-state index contributed by atoms with van der Waals surface area (Å²) in [6.07, 6.45) is 5.78. The highest BCUT2D eigenvalue weighted by Crippen LogP contribution is 2.34. The van der Waals surface area contributed by atoms with Crippen LogP contribution in [0.4, 0.5) is 5.95 Å². The summed E-state index contributed by atoms with van der Waals surface area (Å²) in [6, 6.07) is 8.56. The van der Waals surface area contributed by atoms with Crippen molar-refractivity contribution in [1.82, 2.24) is 29.0 Å². The van der Waals surface area contributed by atoms with Crippen LogP contribution in [0.25, 0.3) is 11.4 Å². The summed E-state index contributed by atoms with van der Waals surface area (Å²) in [4.78, 5) is 36.6. The van der Waals surface area contributed by atoms with E-state index >= 15 is 0 Å². The average molecular weight is 579 g/mol. The maximum atomic E-state index is 13.3. The zero-order valence-electron chi connectivity index (χ0n) is 23.0. The number of nitrogens with two attached hydrogens (primary N) is 1. The molecule has 2 fully saturated rings. The number of aromatic nitrogens is 4. The molecule has 0 unspecified atom stereocenters. The van der Waals surface area contributed by atoms with Crippen molar-refractivity contribution in [3.05, 3.63) is 53.3 Å². The van der Waals surface area contributed by atoms with Crippen molar-refractivity contribution in [2.24, 2.45) is 18.7 Å². The van der Waals surface area contributed by atoms with E-state index in [1.165, 1.54) is 4.31 Å². The summed E-state index contributed by atoms with van der Waals surface area (Å²) in [6.45, 7) is 1.94. The number of hydrogen-bond donors (Lipinski definition) is 2. The summed E-state index contributed by atoms with van der Waals surface area (Å²) < 4.78 is 29.0. The highest BCUT2D eigenvalue weighted by atomic mass is 32.2. The number of carbonyl (C=O) groups is 2. The van der Waals surface area contributed by atoms with Crippen molar-refractivity contribution < 1.29 is 18.0 Å². The van der Waals surface area contributed by atoms with Crippen molar-refractivity contribution in [1.29, 1.82) is 0 Å². The molecule has 3 aliphatic rings. The molecule has 2 aliphatic heterocycles. The Morgan fingerprint density at radius 1 is 1.00 bits per heavy atom. The molecule has 216 valence electrons. The molecule has 3 N–H and O–H groups in total. The van der Waals surface area contributed by atoms with Crippen molar-refractivity contribution >= 4 is 27.8 Å². The molecule has 41 heavy (non-hydrogen) atoms. The van der Waals surface area contributed by atoms with Gasteiger partial charge in [-0.25, -0.2) is 18.4 Å². The number of likely N-dealkylation sites (tertiary alicyclic amines) is 1. The van der Waals surface area contributed by atoms with Gasteiger partial charge in [0.2, 0.25) is 21.9 Å². The number of carbonyl (C=O) groups excluding carboxylic acids is 2. The predicted molar refractivity (Wildman–Crippen MR) is 151 cm³/mol. The molecule has 13 heteroatoms. The summed E-state index contributed by atoms with van der Waals surface area (Å²) in [5.41, 5.74) is 9.22. The molecule has 12 nitrogen and oxygen atoms in total. The minimum Gasteiger partial charge on any atom is -0.364 e. The Balaban J connectivity index is 1.04. The highest BCUT2D eigenvalue weighted by molar-refractivity contribution is 7.89. The fourth-order valence-electron chi connectivity index (χ4n) is 6.19. The van der Waals surface area contributed by atoms with Gasteiger partial charge in [-0.2, -0.15) is 9.40 Å². The number of anilines is 1. The molecule has 0 radical (unpaired) electrons. The Morgan fingerprint density at radius 2 is 1.71 bits per heavy atom. The predicted octanol–water partition coefficient (Wildman–Crippen LogP) is 1.58. The van der Waals surface area contributed by atoms with Gasteiger partial charge in [-0.05, 0) is 56.2 Å². The quantitative estimate of drug-likeness (QED) is 0.447. The molecule has 0 atom stereocenters. The summed E-state index contributed by atoms with van der Waals surface area (Å²) in [7, 11) is -1.75. The van der Waals surface area contributed by atoms with Gasteiger partial charge < -0.3 is 16.0 Å². The molecule has 4 heterocycles. The molecule has 0 spiro atoms. The fraction of sp³-hybridized carbons (Fsp3) is 0.464. The largest absolute Gasteiger partial charge is 0.364 e. The summed E-state index contributed by atoms with van der Waals surface area (Å²) in [5, 5.41) is 7.75. The Labute approximate surface area is 239 Å². The molecule has 2 amide bonds. The van der Waals surface area contributed by atoms with E-state index in [-0.39, 0.29) is 17.9 Å². The molecule has 0 saturated carbocycles. The first-order valence-electron chi connectivity index (χ1n) is 14.0. The van der Waals surface area contributed by atoms with Crippen LogP contribution >= 0.6 is 0 Å². The number of nitrogens with one attached hydrogen (secondary N) is 1. The minimum absolute atomic E-state index is 0.110. The lowest BCUT2D eigenvalue weighted by Gasteiger charge is -2.37. The monoisotopic (exact) mass is 578 g/mol. The first kappa shape index (κ1) is 27.3. The van der Waals surface area contributed by atoms with Gasteiger partial charge in [-0.3, -0.25) is 14.3 Å². The summed E-state index contributed by atoms with van der Waals surface area (Å²) in [5.74, 6) is -0.0830. The standard InChI is InChI=1S/C28H34N8O4S/c1-34-25-22(24(33-34)26(29)37)8-7-19-17-30-28(32-23(19)25)31-20-11-13-35(14-12-20)27(38)18-9-15-36(16-10-18)41(39,40)21-5-3-2-4-6-21/h2-6,17-18,20H,7-16H2,1H3,(H2,29,37)(H,30,31,32). The van der Waals surface area contributed by atoms with E-state index in [4.69, 9.17) is 10.7 Å². The Bertz CT molecular complexity index is 1570. The Morgan fingerprint density at radius 3 is 2.39 bits per heavy atom. The lowest BCUT2D eigenvalue weighted by Crippen LogP contribution is -2.48. The number of benzene rings is 1. The van der Waals surface area contributed by atoms with Gasteiger partial charge in [-0.1, -0.05) is 18.2 Å². The molecule has 2 saturated heterocycles. The van der Waals surface area contributed by atoms with Crippen LogP contribution in [0.15, 0.2) is 41.4 Å². The third-order valence-electron chi connectivity index (χ3n) is 8.44. The van der Waals surface area contributed by atoms with Gasteiger partial charge in [0.15, 0.2) is 5.69 Å². The third kappa shape index (κ3) is 5.19. The van der Waals surface area contributed by atoms with Gasteiger partial charge in [0.1, 0.15) is 0 Å². The van der Waals surface area contributed by atoms with E-state index in [9.17, 15) is 18.0 Å². The van der Waals surface area contributed by atoms with Crippen molar-refractivity contribution in [3.63, 3.8) is 0 Å². The molecule has 1 aromatic carbocycles. The van der Waals surface area contributed by atoms with Crippen LogP contribution in [0.5, 0.6) is 0 Å². The van der Waals surface area contributed by atoms with E-state index in [2.05, 4.69) is 15.4 Å². The third-order valence-corrected chi connectivity index (χ3v) is 10.3. The minimum atomic E-state index is -3.54. The Kier molecular flexibility index (Phi) is 7.24. The SMILES string of the molecule is Cn1nc(C(N)=O)c2c1-c1nc(NC3CCN(C(=O)C4CCN(S(=O)(=O)c5ccccc5)CC4)CC3)ncc1CC2. The number of aryl methyl sites for hydroxylation is 2. The van der Waals surface area contributed by atoms with E-state index < -0.39 is 15.9 Å². The zero-order chi connectivity index (χ0) is 28.7. The van der Waals surface area contributed by atoms with Crippen LogP contribution in [-0.4, -0.2) is 81.4 Å². The van der Waals surface area contributed by atoms with Gasteiger partial charge in [0.05, 0.1) is 16.3 Å². The van der Waals surface area contributed by atoms with Crippen LogP contribution in [0.3, 0.4) is 0 Å². The van der Waals surface area contributed by atoms with Gasteiger partial charge in [0, 0.05) is 56.9 Å². The second-order valence-electron chi connectivity index (χ2n) is 11.0. The average Bonchev–Trinajstić information content (AvgIpc) is 3.35. The summed E-state index contributed by atoms with van der Waals surface area (Å²) >= 11 is 0. The molecule has 3 aromatic rings. The molecule has 6 rings (SSSR count). The van der Waals surface area contributed by atoms with Crippen molar-refractivity contribution in [3.8, 4) is 11.4 Å². The normalized spacial score (nSPS) is 18.5. The van der Waals surface area contributed by atoms with E-state index in [1.807, 2.05) is 11.1 Å². The smallest absolute Gasteiger partial charge is 0.269 e. The second-order valence-corrected chi connectivity index (χ2v) is 12.9. The van der Waals surface area contributed by atoms with Gasteiger partial charge in [0.25, 0.3) is 5.91 Å². The molecule has 2 aromatic heterocycles. The highest BCUT2D eigenvalue weighted by Gasteiger charge is 2.35. The molecule has 1 aliphatic carbocycles. The number of rotatable bonds is 6. The lowest BCUT2D eigenvalue weighted by molar-refractivity contribution is -0.137. The Hall–Kier alpha value is -3.84. The van der Waals surface area contributed by atoms with E-state index in [0.29, 0.717) is 68.4 Å². The maximum absolute atomic E-state index is 13.3. The molecular formula is C28H34N8O4S. The maximum Gasteiger partial charge on any atom is 0.269 e. The molecule has 0 bridgehead atoms.